The Morgan fingerprint density at radius 2 is 1.74 bits per heavy atom. The van der Waals surface area contributed by atoms with Gasteiger partial charge in [-0.25, -0.2) is 8.78 Å². The molecule has 1 aliphatic rings. The first kappa shape index (κ1) is 13.9. The number of hydrogen-bond donors (Lipinski definition) is 1. The Kier molecular flexibility index (Phi) is 4.14. The van der Waals surface area contributed by atoms with Gasteiger partial charge in [0.15, 0.2) is 0 Å². The van der Waals surface area contributed by atoms with E-state index in [0.717, 1.165) is 37.8 Å². The van der Waals surface area contributed by atoms with Gasteiger partial charge in [-0.05, 0) is 37.8 Å². The van der Waals surface area contributed by atoms with Crippen molar-refractivity contribution in [2.24, 2.45) is 5.73 Å². The normalized spacial score (nSPS) is 23.2. The largest absolute Gasteiger partial charge is 0.339 e. The summed E-state index contributed by atoms with van der Waals surface area (Å²) in [6.45, 7) is 0. The van der Waals surface area contributed by atoms with E-state index in [4.69, 9.17) is 5.73 Å². The van der Waals surface area contributed by atoms with Crippen LogP contribution in [-0.2, 0) is 0 Å². The fourth-order valence-corrected chi connectivity index (χ4v) is 2.53. The molecule has 0 unspecified atom stereocenters. The van der Waals surface area contributed by atoms with Gasteiger partial charge in [-0.2, -0.15) is 0 Å². The molecule has 104 valence electrons. The van der Waals surface area contributed by atoms with Gasteiger partial charge in [-0.1, -0.05) is 6.07 Å². The maximum absolute atomic E-state index is 13.6. The summed E-state index contributed by atoms with van der Waals surface area (Å²) in [6.07, 6.45) is 3.23. The lowest BCUT2D eigenvalue weighted by Crippen LogP contribution is -2.42. The summed E-state index contributed by atoms with van der Waals surface area (Å²) in [5, 5.41) is 0. The fourth-order valence-electron chi connectivity index (χ4n) is 2.53. The molecule has 0 saturated heterocycles. The van der Waals surface area contributed by atoms with E-state index in [9.17, 15) is 13.6 Å². The minimum atomic E-state index is -0.815. The highest BCUT2D eigenvalue weighted by Gasteiger charge is 2.28. The molecule has 19 heavy (non-hydrogen) atoms. The zero-order valence-corrected chi connectivity index (χ0v) is 10.9. The number of carbonyl (C=O) groups is 1. The van der Waals surface area contributed by atoms with E-state index in [0.29, 0.717) is 0 Å². The minimum Gasteiger partial charge on any atom is -0.339 e. The Bertz CT molecular complexity index is 450. The summed E-state index contributed by atoms with van der Waals surface area (Å²) in [5.41, 5.74) is 5.34. The van der Waals surface area contributed by atoms with Crippen LogP contribution in [0.1, 0.15) is 36.0 Å². The quantitative estimate of drug-likeness (QED) is 0.894. The molecule has 2 rings (SSSR count). The van der Waals surface area contributed by atoms with Crippen LogP contribution in [0, 0.1) is 11.6 Å². The van der Waals surface area contributed by atoms with Gasteiger partial charge in [0.2, 0.25) is 0 Å². The second-order valence-corrected chi connectivity index (χ2v) is 5.08. The number of rotatable bonds is 2. The topological polar surface area (TPSA) is 46.3 Å². The van der Waals surface area contributed by atoms with Crippen molar-refractivity contribution in [3.8, 4) is 0 Å². The van der Waals surface area contributed by atoms with Gasteiger partial charge in [-0.3, -0.25) is 4.79 Å². The molecule has 1 saturated carbocycles. The van der Waals surface area contributed by atoms with Gasteiger partial charge in [0.1, 0.15) is 17.2 Å². The van der Waals surface area contributed by atoms with Crippen molar-refractivity contribution in [2.45, 2.75) is 37.8 Å². The highest BCUT2D eigenvalue weighted by molar-refractivity contribution is 5.94. The van der Waals surface area contributed by atoms with E-state index in [2.05, 4.69) is 0 Å². The van der Waals surface area contributed by atoms with E-state index in [1.165, 1.54) is 11.0 Å². The first-order chi connectivity index (χ1) is 9.00. The average Bonchev–Trinajstić information content (AvgIpc) is 2.38. The van der Waals surface area contributed by atoms with Crippen molar-refractivity contribution in [2.75, 3.05) is 7.05 Å². The van der Waals surface area contributed by atoms with E-state index >= 15 is 0 Å². The Labute approximate surface area is 111 Å². The molecule has 0 heterocycles. The molecule has 3 nitrogen and oxygen atoms in total. The number of halogens is 2. The summed E-state index contributed by atoms with van der Waals surface area (Å²) in [4.78, 5) is 13.6. The molecule has 0 radical (unpaired) electrons. The molecule has 1 aliphatic carbocycles. The molecule has 0 bridgehead atoms. The monoisotopic (exact) mass is 268 g/mol. The van der Waals surface area contributed by atoms with Crippen molar-refractivity contribution in [3.05, 3.63) is 35.4 Å². The van der Waals surface area contributed by atoms with Crippen molar-refractivity contribution < 1.29 is 13.6 Å². The van der Waals surface area contributed by atoms with E-state index in [1.54, 1.807) is 7.05 Å². The molecule has 5 heteroatoms. The van der Waals surface area contributed by atoms with Crippen LogP contribution < -0.4 is 5.73 Å². The predicted octanol–water partition coefficient (Wildman–Crippen LogP) is 2.31. The molecule has 1 fully saturated rings. The standard InChI is InChI=1S/C14H18F2N2O/c1-18(10-7-5-9(17)6-8-10)14(19)13-11(15)3-2-4-12(13)16/h2-4,9-10H,5-8,17H2,1H3. The molecule has 0 atom stereocenters. The minimum absolute atomic E-state index is 0.00584. The van der Waals surface area contributed by atoms with Crippen LogP contribution in [0.25, 0.3) is 0 Å². The second kappa shape index (κ2) is 5.65. The molecular formula is C14H18F2N2O. The van der Waals surface area contributed by atoms with Crippen LogP contribution in [0.4, 0.5) is 8.78 Å². The lowest BCUT2D eigenvalue weighted by Gasteiger charge is -2.33. The Morgan fingerprint density at radius 3 is 2.26 bits per heavy atom. The number of nitrogens with two attached hydrogens (primary N) is 1. The van der Waals surface area contributed by atoms with Gasteiger partial charge in [0, 0.05) is 19.1 Å². The molecule has 1 aromatic rings. The third-order valence-electron chi connectivity index (χ3n) is 3.79. The number of nitrogens with zero attached hydrogens (tertiary/aromatic N) is 1. The zero-order chi connectivity index (χ0) is 14.0. The first-order valence-electron chi connectivity index (χ1n) is 6.47. The lowest BCUT2D eigenvalue weighted by molar-refractivity contribution is 0.0680. The highest BCUT2D eigenvalue weighted by Crippen LogP contribution is 2.23. The number of amides is 1. The zero-order valence-electron chi connectivity index (χ0n) is 10.9. The molecular weight excluding hydrogens is 250 g/mol. The van der Waals surface area contributed by atoms with Crippen molar-refractivity contribution >= 4 is 5.91 Å². The van der Waals surface area contributed by atoms with Crippen LogP contribution in [0.2, 0.25) is 0 Å². The summed E-state index contributed by atoms with van der Waals surface area (Å²) in [6, 6.07) is 3.62. The number of hydrogen-bond acceptors (Lipinski definition) is 2. The SMILES string of the molecule is CN(C(=O)c1c(F)cccc1F)C1CCC(N)CC1. The maximum atomic E-state index is 13.6. The number of benzene rings is 1. The van der Waals surface area contributed by atoms with Crippen molar-refractivity contribution in [1.82, 2.24) is 4.90 Å². The second-order valence-electron chi connectivity index (χ2n) is 5.08. The third kappa shape index (κ3) is 2.92. The van der Waals surface area contributed by atoms with Crippen LogP contribution in [0.15, 0.2) is 18.2 Å². The summed E-state index contributed by atoms with van der Waals surface area (Å²) in [7, 11) is 1.59. The van der Waals surface area contributed by atoms with Gasteiger partial charge >= 0.3 is 0 Å². The molecule has 0 aliphatic heterocycles. The van der Waals surface area contributed by atoms with Gasteiger partial charge in [-0.15, -0.1) is 0 Å². The smallest absolute Gasteiger partial charge is 0.259 e. The fraction of sp³-hybridized carbons (Fsp3) is 0.500. The first-order valence-corrected chi connectivity index (χ1v) is 6.47. The Hall–Kier alpha value is -1.49. The van der Waals surface area contributed by atoms with Crippen LogP contribution in [0.3, 0.4) is 0 Å². The third-order valence-corrected chi connectivity index (χ3v) is 3.79. The van der Waals surface area contributed by atoms with Crippen molar-refractivity contribution in [1.29, 1.82) is 0 Å². The van der Waals surface area contributed by atoms with Gasteiger partial charge in [0.05, 0.1) is 0 Å². The van der Waals surface area contributed by atoms with E-state index in [1.807, 2.05) is 0 Å². The molecule has 0 spiro atoms. The maximum Gasteiger partial charge on any atom is 0.259 e. The predicted molar refractivity (Wildman–Crippen MR) is 68.7 cm³/mol. The van der Waals surface area contributed by atoms with Crippen LogP contribution >= 0.6 is 0 Å². The lowest BCUT2D eigenvalue weighted by atomic mass is 9.90. The molecule has 1 amide bonds. The summed E-state index contributed by atoms with van der Waals surface area (Å²) >= 11 is 0. The Balaban J connectivity index is 2.15. The summed E-state index contributed by atoms with van der Waals surface area (Å²) < 4.78 is 27.2. The van der Waals surface area contributed by atoms with Crippen LogP contribution in [-0.4, -0.2) is 29.9 Å². The van der Waals surface area contributed by atoms with E-state index < -0.39 is 23.1 Å². The Morgan fingerprint density at radius 1 is 1.21 bits per heavy atom. The average molecular weight is 268 g/mol. The molecule has 2 N–H and O–H groups in total. The highest BCUT2D eigenvalue weighted by atomic mass is 19.1. The van der Waals surface area contributed by atoms with Gasteiger partial charge in [0.25, 0.3) is 5.91 Å². The molecule has 0 aromatic heterocycles. The molecule has 1 aromatic carbocycles. The van der Waals surface area contributed by atoms with E-state index in [-0.39, 0.29) is 12.1 Å². The van der Waals surface area contributed by atoms with Crippen molar-refractivity contribution in [3.63, 3.8) is 0 Å². The number of carbonyl (C=O) groups excluding carboxylic acids is 1. The van der Waals surface area contributed by atoms with Gasteiger partial charge < -0.3 is 10.6 Å². The van der Waals surface area contributed by atoms with Crippen LogP contribution in [0.5, 0.6) is 0 Å². The summed E-state index contributed by atoms with van der Waals surface area (Å²) in [5.74, 6) is -2.23.